The Kier molecular flexibility index (Phi) is 4.90. The van der Waals surface area contributed by atoms with Crippen LogP contribution in [0.25, 0.3) is 11.1 Å². The van der Waals surface area contributed by atoms with E-state index in [9.17, 15) is 9.59 Å². The Balaban J connectivity index is 1.22. The fourth-order valence-corrected chi connectivity index (χ4v) is 4.94. The van der Waals surface area contributed by atoms with E-state index < -0.39 is 0 Å². The number of carbonyl (C=O) groups is 2. The number of benzene rings is 2. The van der Waals surface area contributed by atoms with Crippen molar-refractivity contribution in [3.8, 4) is 11.1 Å². The van der Waals surface area contributed by atoms with Crippen LogP contribution in [0.15, 0.2) is 64.7 Å². The molecule has 0 atom stereocenters. The molecule has 4 aromatic rings. The van der Waals surface area contributed by atoms with Gasteiger partial charge < -0.3 is 5.32 Å². The zero-order valence-electron chi connectivity index (χ0n) is 15.8. The summed E-state index contributed by atoms with van der Waals surface area (Å²) in [6.45, 7) is 0. The molecule has 0 spiro atoms. The lowest BCUT2D eigenvalue weighted by molar-refractivity contribution is -0.115. The van der Waals surface area contributed by atoms with Crippen molar-refractivity contribution in [2.75, 3.05) is 10.6 Å². The van der Waals surface area contributed by atoms with Gasteiger partial charge in [0.05, 0.1) is 17.7 Å². The van der Waals surface area contributed by atoms with Crippen molar-refractivity contribution >= 4 is 45.3 Å². The van der Waals surface area contributed by atoms with Crippen LogP contribution in [0.4, 0.5) is 10.8 Å². The molecule has 30 heavy (non-hydrogen) atoms. The number of thiazole rings is 1. The average molecular weight is 432 g/mol. The molecular formula is C23H17N3O2S2. The van der Waals surface area contributed by atoms with Crippen molar-refractivity contribution in [3.63, 3.8) is 0 Å². The predicted octanol–water partition coefficient (Wildman–Crippen LogP) is 5.21. The van der Waals surface area contributed by atoms with Gasteiger partial charge >= 0.3 is 0 Å². The van der Waals surface area contributed by atoms with Crippen LogP contribution in [0.1, 0.15) is 27.2 Å². The van der Waals surface area contributed by atoms with E-state index in [4.69, 9.17) is 0 Å². The average Bonchev–Trinajstić information content (AvgIpc) is 3.47. The van der Waals surface area contributed by atoms with Crippen LogP contribution in [-0.4, -0.2) is 16.8 Å². The van der Waals surface area contributed by atoms with Crippen LogP contribution < -0.4 is 10.6 Å². The van der Waals surface area contributed by atoms with Crippen LogP contribution in [0.5, 0.6) is 0 Å². The van der Waals surface area contributed by atoms with Gasteiger partial charge in [0.2, 0.25) is 5.91 Å². The Morgan fingerprint density at radius 3 is 2.70 bits per heavy atom. The molecule has 2 aromatic heterocycles. The highest BCUT2D eigenvalue weighted by atomic mass is 32.1. The number of fused-ring (bicyclic) bond motifs is 3. The van der Waals surface area contributed by atoms with Gasteiger partial charge in [-0.05, 0) is 52.3 Å². The van der Waals surface area contributed by atoms with Gasteiger partial charge in [0, 0.05) is 16.4 Å². The minimum Gasteiger partial charge on any atom is -0.326 e. The van der Waals surface area contributed by atoms with E-state index in [2.05, 4.69) is 45.9 Å². The maximum Gasteiger partial charge on any atom is 0.258 e. The fraction of sp³-hybridized carbons (Fsp3) is 0.0870. The minimum absolute atomic E-state index is 0.133. The third kappa shape index (κ3) is 3.77. The summed E-state index contributed by atoms with van der Waals surface area (Å²) in [6.07, 6.45) is 1.04. The SMILES string of the molecule is O=C(Cc1csc(NC(=O)c2ccsc2)n1)Nc1ccc2c(c1)Cc1ccccc1-2. The highest BCUT2D eigenvalue weighted by molar-refractivity contribution is 7.14. The second kappa shape index (κ2) is 7.85. The molecule has 5 rings (SSSR count). The predicted molar refractivity (Wildman–Crippen MR) is 121 cm³/mol. The van der Waals surface area contributed by atoms with Gasteiger partial charge in [-0.15, -0.1) is 11.3 Å². The van der Waals surface area contributed by atoms with Gasteiger partial charge in [0.25, 0.3) is 5.91 Å². The number of aromatic nitrogens is 1. The van der Waals surface area contributed by atoms with Crippen molar-refractivity contribution in [3.05, 3.63) is 87.1 Å². The standard InChI is InChI=1S/C23H17N3O2S2/c27-21(11-18-13-30-23(25-18)26-22(28)15-7-8-29-12-15)24-17-5-6-20-16(10-17)9-14-3-1-2-4-19(14)20/h1-8,10,12-13H,9,11H2,(H,24,27)(H,25,26,28). The third-order valence-corrected chi connectivity index (χ3v) is 6.46. The Hall–Kier alpha value is -3.29. The van der Waals surface area contributed by atoms with E-state index in [1.807, 2.05) is 17.5 Å². The van der Waals surface area contributed by atoms with Gasteiger partial charge in [-0.1, -0.05) is 30.3 Å². The van der Waals surface area contributed by atoms with Gasteiger partial charge in [-0.2, -0.15) is 11.3 Å². The Morgan fingerprint density at radius 2 is 1.83 bits per heavy atom. The molecule has 0 fully saturated rings. The van der Waals surface area contributed by atoms with Crippen LogP contribution in [-0.2, 0) is 17.6 Å². The number of rotatable bonds is 5. The minimum atomic E-state index is -0.194. The van der Waals surface area contributed by atoms with Crippen molar-refractivity contribution in [1.82, 2.24) is 4.98 Å². The Morgan fingerprint density at radius 1 is 0.967 bits per heavy atom. The smallest absolute Gasteiger partial charge is 0.258 e. The largest absolute Gasteiger partial charge is 0.326 e. The molecule has 5 nitrogen and oxygen atoms in total. The number of carbonyl (C=O) groups excluding carboxylic acids is 2. The van der Waals surface area contributed by atoms with Crippen LogP contribution >= 0.6 is 22.7 Å². The first kappa shape index (κ1) is 18.7. The summed E-state index contributed by atoms with van der Waals surface area (Å²) in [7, 11) is 0. The number of nitrogens with zero attached hydrogens (tertiary/aromatic N) is 1. The topological polar surface area (TPSA) is 71.1 Å². The monoisotopic (exact) mass is 431 g/mol. The molecule has 1 aliphatic carbocycles. The highest BCUT2D eigenvalue weighted by Gasteiger charge is 2.18. The molecule has 0 aliphatic heterocycles. The second-order valence-electron chi connectivity index (χ2n) is 7.04. The van der Waals surface area contributed by atoms with E-state index in [1.165, 1.54) is 44.9 Å². The summed E-state index contributed by atoms with van der Waals surface area (Å²) in [4.78, 5) is 28.9. The van der Waals surface area contributed by atoms with Crippen molar-refractivity contribution in [2.24, 2.45) is 0 Å². The first-order chi connectivity index (χ1) is 14.7. The Labute approximate surface area is 181 Å². The summed E-state index contributed by atoms with van der Waals surface area (Å²) in [5.41, 5.74) is 7.06. The fourth-order valence-electron chi connectivity index (χ4n) is 3.60. The van der Waals surface area contributed by atoms with Gasteiger partial charge in [0.1, 0.15) is 0 Å². The maximum atomic E-state index is 12.5. The van der Waals surface area contributed by atoms with E-state index >= 15 is 0 Å². The lowest BCUT2D eigenvalue weighted by Crippen LogP contribution is -2.15. The number of hydrogen-bond donors (Lipinski definition) is 2. The highest BCUT2D eigenvalue weighted by Crippen LogP contribution is 2.37. The molecule has 0 saturated carbocycles. The summed E-state index contributed by atoms with van der Waals surface area (Å²) in [5, 5.41) is 11.6. The maximum absolute atomic E-state index is 12.5. The molecule has 2 amide bonds. The summed E-state index contributed by atoms with van der Waals surface area (Å²) >= 11 is 2.78. The molecule has 2 aromatic carbocycles. The van der Waals surface area contributed by atoms with Gasteiger partial charge in [-0.3, -0.25) is 14.9 Å². The van der Waals surface area contributed by atoms with Crippen molar-refractivity contribution in [1.29, 1.82) is 0 Å². The molecule has 0 unspecified atom stereocenters. The first-order valence-corrected chi connectivity index (χ1v) is 11.3. The summed E-state index contributed by atoms with van der Waals surface area (Å²) in [5.74, 6) is -0.327. The molecule has 1 aliphatic rings. The number of thiophene rings is 1. The number of anilines is 2. The third-order valence-electron chi connectivity index (χ3n) is 4.97. The van der Waals surface area contributed by atoms with E-state index in [-0.39, 0.29) is 18.2 Å². The lowest BCUT2D eigenvalue weighted by Gasteiger charge is -2.07. The number of nitrogens with one attached hydrogen (secondary N) is 2. The van der Waals surface area contributed by atoms with Crippen molar-refractivity contribution < 1.29 is 9.59 Å². The van der Waals surface area contributed by atoms with E-state index in [0.717, 1.165) is 12.1 Å². The van der Waals surface area contributed by atoms with E-state index in [1.54, 1.807) is 16.8 Å². The zero-order chi connectivity index (χ0) is 20.5. The van der Waals surface area contributed by atoms with E-state index in [0.29, 0.717) is 16.4 Å². The molecule has 2 heterocycles. The van der Waals surface area contributed by atoms with Crippen LogP contribution in [0.3, 0.4) is 0 Å². The summed E-state index contributed by atoms with van der Waals surface area (Å²) < 4.78 is 0. The van der Waals surface area contributed by atoms with Gasteiger partial charge in [0.15, 0.2) is 5.13 Å². The lowest BCUT2D eigenvalue weighted by atomic mass is 10.1. The molecule has 0 saturated heterocycles. The molecule has 7 heteroatoms. The molecule has 2 N–H and O–H groups in total. The number of amides is 2. The number of hydrogen-bond acceptors (Lipinski definition) is 5. The van der Waals surface area contributed by atoms with Crippen LogP contribution in [0, 0.1) is 0 Å². The molecular weight excluding hydrogens is 414 g/mol. The normalized spacial score (nSPS) is 11.6. The Bertz CT molecular complexity index is 1250. The quantitative estimate of drug-likeness (QED) is 0.401. The zero-order valence-corrected chi connectivity index (χ0v) is 17.5. The van der Waals surface area contributed by atoms with Crippen molar-refractivity contribution in [2.45, 2.75) is 12.8 Å². The first-order valence-electron chi connectivity index (χ1n) is 9.45. The molecule has 0 radical (unpaired) electrons. The molecule has 0 bridgehead atoms. The summed E-state index contributed by atoms with van der Waals surface area (Å²) in [6, 6.07) is 16.2. The molecule has 148 valence electrons. The van der Waals surface area contributed by atoms with Gasteiger partial charge in [-0.25, -0.2) is 4.98 Å². The second-order valence-corrected chi connectivity index (χ2v) is 8.68. The van der Waals surface area contributed by atoms with Crippen LogP contribution in [0.2, 0.25) is 0 Å².